The molecule has 4 heteroatoms. The van der Waals surface area contributed by atoms with Gasteiger partial charge in [0.2, 0.25) is 0 Å². The molecule has 0 bridgehead atoms. The molecular weight excluding hydrogens is 364 g/mol. The van der Waals surface area contributed by atoms with Gasteiger partial charge in [-0.2, -0.15) is 0 Å². The summed E-state index contributed by atoms with van der Waals surface area (Å²) >= 11 is 0. The van der Waals surface area contributed by atoms with E-state index in [1.54, 1.807) is 18.2 Å². The van der Waals surface area contributed by atoms with Crippen LogP contribution in [-0.4, -0.2) is 23.3 Å². The first kappa shape index (κ1) is 25.3. The SMILES string of the molecule is CC(C)(C)OC(=O)CCCCCCCCCCCCCCOc1cccc(O)c1. The lowest BCUT2D eigenvalue weighted by atomic mass is 10.0. The van der Waals surface area contributed by atoms with Gasteiger partial charge in [0.05, 0.1) is 6.61 Å². The Morgan fingerprint density at radius 1 is 0.828 bits per heavy atom. The average molecular weight is 407 g/mol. The zero-order chi connectivity index (χ0) is 21.4. The largest absolute Gasteiger partial charge is 0.508 e. The highest BCUT2D eigenvalue weighted by Crippen LogP contribution is 2.18. The monoisotopic (exact) mass is 406 g/mol. The van der Waals surface area contributed by atoms with Crippen LogP contribution in [0.3, 0.4) is 0 Å². The molecule has 0 heterocycles. The fraction of sp³-hybridized carbons (Fsp3) is 0.720. The predicted octanol–water partition coefficient (Wildman–Crippen LogP) is 7.18. The minimum absolute atomic E-state index is 0.0663. The number of hydrogen-bond donors (Lipinski definition) is 1. The van der Waals surface area contributed by atoms with Gasteiger partial charge < -0.3 is 14.6 Å². The third kappa shape index (κ3) is 15.8. The molecule has 0 aliphatic rings. The lowest BCUT2D eigenvalue weighted by molar-refractivity contribution is -0.154. The van der Waals surface area contributed by atoms with Gasteiger partial charge >= 0.3 is 5.97 Å². The summed E-state index contributed by atoms with van der Waals surface area (Å²) in [5, 5.41) is 9.39. The molecule has 4 nitrogen and oxygen atoms in total. The van der Waals surface area contributed by atoms with E-state index in [1.807, 2.05) is 26.8 Å². The predicted molar refractivity (Wildman–Crippen MR) is 119 cm³/mol. The molecule has 1 aromatic rings. The van der Waals surface area contributed by atoms with Crippen LogP contribution in [0.5, 0.6) is 11.5 Å². The Labute approximate surface area is 178 Å². The normalized spacial score (nSPS) is 11.4. The second-order valence-corrected chi connectivity index (χ2v) is 8.92. The van der Waals surface area contributed by atoms with E-state index in [0.717, 1.165) is 31.6 Å². The molecule has 0 atom stereocenters. The topological polar surface area (TPSA) is 55.8 Å². The van der Waals surface area contributed by atoms with Crippen LogP contribution in [0.25, 0.3) is 0 Å². The highest BCUT2D eigenvalue weighted by atomic mass is 16.6. The van der Waals surface area contributed by atoms with Crippen molar-refractivity contribution in [2.24, 2.45) is 0 Å². The van der Waals surface area contributed by atoms with Crippen LogP contribution in [-0.2, 0) is 9.53 Å². The van der Waals surface area contributed by atoms with Gasteiger partial charge in [-0.25, -0.2) is 0 Å². The van der Waals surface area contributed by atoms with Crippen LogP contribution >= 0.6 is 0 Å². The number of phenols is 1. The van der Waals surface area contributed by atoms with Crippen molar-refractivity contribution in [2.75, 3.05) is 6.61 Å². The number of phenolic OH excluding ortho intramolecular Hbond substituents is 1. The lowest BCUT2D eigenvalue weighted by Crippen LogP contribution is -2.23. The maximum atomic E-state index is 11.6. The molecule has 1 N–H and O–H groups in total. The number of benzene rings is 1. The van der Waals surface area contributed by atoms with E-state index in [-0.39, 0.29) is 17.3 Å². The molecular formula is C25H42O4. The summed E-state index contributed by atoms with van der Waals surface area (Å²) in [5.41, 5.74) is -0.363. The lowest BCUT2D eigenvalue weighted by Gasteiger charge is -2.19. The summed E-state index contributed by atoms with van der Waals surface area (Å²) in [6.07, 6.45) is 15.3. The fourth-order valence-electron chi connectivity index (χ4n) is 3.30. The molecule has 29 heavy (non-hydrogen) atoms. The van der Waals surface area contributed by atoms with Crippen LogP contribution in [0.15, 0.2) is 24.3 Å². The summed E-state index contributed by atoms with van der Waals surface area (Å²) in [6, 6.07) is 6.98. The van der Waals surface area contributed by atoms with E-state index < -0.39 is 0 Å². The summed E-state index contributed by atoms with van der Waals surface area (Å²) in [4.78, 5) is 11.6. The van der Waals surface area contributed by atoms with Gasteiger partial charge in [0.25, 0.3) is 0 Å². The van der Waals surface area contributed by atoms with Crippen LogP contribution in [0, 0.1) is 0 Å². The van der Waals surface area contributed by atoms with Crippen LogP contribution in [0.2, 0.25) is 0 Å². The summed E-state index contributed by atoms with van der Waals surface area (Å²) in [6.45, 7) is 6.46. The first-order valence-electron chi connectivity index (χ1n) is 11.5. The number of rotatable bonds is 16. The Kier molecular flexibility index (Phi) is 13.3. The highest BCUT2D eigenvalue weighted by molar-refractivity contribution is 5.69. The van der Waals surface area contributed by atoms with Crippen LogP contribution < -0.4 is 4.74 Å². The second kappa shape index (κ2) is 15.2. The summed E-state index contributed by atoms with van der Waals surface area (Å²) < 4.78 is 11.0. The second-order valence-electron chi connectivity index (χ2n) is 8.92. The van der Waals surface area contributed by atoms with Gasteiger partial charge in [-0.15, -0.1) is 0 Å². The zero-order valence-electron chi connectivity index (χ0n) is 18.9. The van der Waals surface area contributed by atoms with Crippen molar-refractivity contribution in [1.82, 2.24) is 0 Å². The van der Waals surface area contributed by atoms with E-state index in [1.165, 1.54) is 57.8 Å². The molecule has 0 saturated carbocycles. The van der Waals surface area contributed by atoms with Crippen LogP contribution in [0.4, 0.5) is 0 Å². The molecule has 0 fully saturated rings. The maximum absolute atomic E-state index is 11.6. The number of carbonyl (C=O) groups excluding carboxylic acids is 1. The van der Waals surface area contributed by atoms with Crippen molar-refractivity contribution >= 4 is 5.97 Å². The van der Waals surface area contributed by atoms with Gasteiger partial charge in [-0.1, -0.05) is 70.3 Å². The van der Waals surface area contributed by atoms with Gasteiger partial charge in [0.1, 0.15) is 17.1 Å². The number of ether oxygens (including phenoxy) is 2. The molecule has 0 spiro atoms. The quantitative estimate of drug-likeness (QED) is 0.233. The minimum atomic E-state index is -0.363. The number of esters is 1. The molecule has 0 saturated heterocycles. The van der Waals surface area contributed by atoms with Crippen molar-refractivity contribution in [1.29, 1.82) is 0 Å². The highest BCUT2D eigenvalue weighted by Gasteiger charge is 2.15. The number of unbranched alkanes of at least 4 members (excludes halogenated alkanes) is 11. The Morgan fingerprint density at radius 3 is 1.86 bits per heavy atom. The van der Waals surface area contributed by atoms with E-state index >= 15 is 0 Å². The first-order chi connectivity index (χ1) is 13.9. The fourth-order valence-corrected chi connectivity index (χ4v) is 3.30. The molecule has 0 radical (unpaired) electrons. The Morgan fingerprint density at radius 2 is 1.34 bits per heavy atom. The Hall–Kier alpha value is -1.71. The average Bonchev–Trinajstić information content (AvgIpc) is 2.63. The van der Waals surface area contributed by atoms with Crippen LogP contribution in [0.1, 0.15) is 104 Å². The third-order valence-corrected chi connectivity index (χ3v) is 4.78. The number of aromatic hydroxyl groups is 1. The summed E-state index contributed by atoms with van der Waals surface area (Å²) in [5.74, 6) is 0.932. The number of hydrogen-bond acceptors (Lipinski definition) is 4. The Bertz CT molecular complexity index is 548. The first-order valence-corrected chi connectivity index (χ1v) is 11.5. The van der Waals surface area contributed by atoms with E-state index in [4.69, 9.17) is 9.47 Å². The molecule has 0 amide bonds. The Balaban J connectivity index is 1.78. The van der Waals surface area contributed by atoms with Gasteiger partial charge in [0.15, 0.2) is 0 Å². The van der Waals surface area contributed by atoms with E-state index in [0.29, 0.717) is 6.42 Å². The summed E-state index contributed by atoms with van der Waals surface area (Å²) in [7, 11) is 0. The number of carbonyl (C=O) groups is 1. The van der Waals surface area contributed by atoms with Crippen molar-refractivity contribution in [2.45, 2.75) is 110 Å². The molecule has 1 rings (SSSR count). The smallest absolute Gasteiger partial charge is 0.306 e. The van der Waals surface area contributed by atoms with E-state index in [2.05, 4.69) is 0 Å². The minimum Gasteiger partial charge on any atom is -0.508 e. The van der Waals surface area contributed by atoms with Gasteiger partial charge in [-0.3, -0.25) is 4.79 Å². The van der Waals surface area contributed by atoms with Crippen molar-refractivity contribution in [3.05, 3.63) is 24.3 Å². The third-order valence-electron chi connectivity index (χ3n) is 4.78. The standard InChI is InChI=1S/C25H42O4/c1-25(2,3)29-24(27)19-14-12-10-8-6-4-5-7-9-11-13-15-20-28-23-18-16-17-22(26)21-23/h16-18,21,26H,4-15,19-20H2,1-3H3. The van der Waals surface area contributed by atoms with Gasteiger partial charge in [0, 0.05) is 12.5 Å². The maximum Gasteiger partial charge on any atom is 0.306 e. The molecule has 1 aromatic carbocycles. The molecule has 0 aliphatic heterocycles. The van der Waals surface area contributed by atoms with Crippen molar-refractivity contribution < 1.29 is 19.4 Å². The van der Waals surface area contributed by atoms with Gasteiger partial charge in [-0.05, 0) is 45.7 Å². The zero-order valence-corrected chi connectivity index (χ0v) is 18.9. The van der Waals surface area contributed by atoms with Crippen molar-refractivity contribution in [3.63, 3.8) is 0 Å². The molecule has 0 unspecified atom stereocenters. The van der Waals surface area contributed by atoms with E-state index in [9.17, 15) is 9.90 Å². The molecule has 166 valence electrons. The molecule has 0 aliphatic carbocycles. The van der Waals surface area contributed by atoms with Crippen molar-refractivity contribution in [3.8, 4) is 11.5 Å². The molecule has 0 aromatic heterocycles.